The molecule has 0 bridgehead atoms. The molecule has 0 saturated heterocycles. The molecule has 2 aromatic carbocycles. The van der Waals surface area contributed by atoms with Crippen molar-refractivity contribution in [1.29, 1.82) is 0 Å². The Balaban J connectivity index is 2.54. The van der Waals surface area contributed by atoms with E-state index in [-0.39, 0.29) is 0 Å². The Morgan fingerprint density at radius 2 is 1.05 bits per heavy atom. The quantitative estimate of drug-likeness (QED) is 0.734. The Bertz CT molecular complexity index is 437. The van der Waals surface area contributed by atoms with Gasteiger partial charge in [-0.25, -0.2) is 0 Å². The average molecular weight is 363 g/mol. The molecule has 0 fully saturated rings. The van der Waals surface area contributed by atoms with Crippen LogP contribution in [0.15, 0.2) is 60.7 Å². The van der Waals surface area contributed by atoms with Crippen LogP contribution in [0.5, 0.6) is 0 Å². The van der Waals surface area contributed by atoms with Crippen molar-refractivity contribution in [2.45, 2.75) is 13.8 Å². The first-order valence-corrected chi connectivity index (χ1v) is 11.9. The summed E-state index contributed by atoms with van der Waals surface area (Å²) >= 11 is -3.44. The van der Waals surface area contributed by atoms with Crippen LogP contribution >= 0.6 is 0 Å². The molecule has 0 aliphatic rings. The Morgan fingerprint density at radius 3 is 1.37 bits per heavy atom. The Hall–Kier alpha value is -0.841. The minimum absolute atomic E-state index is 0.680. The van der Waals surface area contributed by atoms with Gasteiger partial charge in [0.25, 0.3) is 0 Å². The van der Waals surface area contributed by atoms with Gasteiger partial charge in [0.05, 0.1) is 0 Å². The number of benzene rings is 2. The van der Waals surface area contributed by atoms with Crippen molar-refractivity contribution in [2.75, 3.05) is 13.2 Å². The normalized spacial score (nSPS) is 11.5. The molecular formula is C16H20O2Sn. The van der Waals surface area contributed by atoms with Crippen LogP contribution in [0.3, 0.4) is 0 Å². The van der Waals surface area contributed by atoms with E-state index in [2.05, 4.69) is 48.5 Å². The Morgan fingerprint density at radius 1 is 0.684 bits per heavy atom. The molecule has 0 N–H and O–H groups in total. The van der Waals surface area contributed by atoms with Crippen molar-refractivity contribution in [1.82, 2.24) is 0 Å². The summed E-state index contributed by atoms with van der Waals surface area (Å²) in [4.78, 5) is 0. The van der Waals surface area contributed by atoms with Crippen molar-refractivity contribution >= 4 is 26.4 Å². The molecule has 19 heavy (non-hydrogen) atoms. The fourth-order valence-electron chi connectivity index (χ4n) is 2.26. The zero-order chi connectivity index (χ0) is 13.6. The summed E-state index contributed by atoms with van der Waals surface area (Å²) in [6, 6.07) is 20.8. The standard InChI is InChI=1S/2C6H5.2C2H5O.Sn/c2*1-2-4-6-5-3-1;2*1-2-3;/h2*1-5H;2*2H2,1H3;/q;;2*-1;+2. The van der Waals surface area contributed by atoms with Crippen molar-refractivity contribution < 1.29 is 6.15 Å². The molecule has 0 aromatic heterocycles. The van der Waals surface area contributed by atoms with E-state index in [4.69, 9.17) is 6.15 Å². The van der Waals surface area contributed by atoms with Gasteiger partial charge in [-0.15, -0.1) is 0 Å². The first kappa shape index (κ1) is 14.6. The summed E-state index contributed by atoms with van der Waals surface area (Å²) in [6.45, 7) is 5.44. The predicted molar refractivity (Wildman–Crippen MR) is 81.2 cm³/mol. The molecule has 0 radical (unpaired) electrons. The second-order valence-corrected chi connectivity index (χ2v) is 12.7. The first-order chi connectivity index (χ1) is 9.33. The summed E-state index contributed by atoms with van der Waals surface area (Å²) < 4.78 is 14.9. The van der Waals surface area contributed by atoms with Crippen LogP contribution in [0.25, 0.3) is 0 Å². The first-order valence-electron chi connectivity index (χ1n) is 6.72. The second-order valence-electron chi connectivity index (χ2n) is 4.21. The van der Waals surface area contributed by atoms with E-state index in [1.54, 1.807) is 0 Å². The number of rotatable bonds is 6. The van der Waals surface area contributed by atoms with Crippen LogP contribution < -0.4 is 7.16 Å². The van der Waals surface area contributed by atoms with Crippen LogP contribution in [0.2, 0.25) is 0 Å². The third-order valence-corrected chi connectivity index (χ3v) is 13.2. The molecule has 0 aliphatic carbocycles. The van der Waals surface area contributed by atoms with E-state index in [9.17, 15) is 0 Å². The van der Waals surface area contributed by atoms with Crippen molar-refractivity contribution in [3.63, 3.8) is 0 Å². The summed E-state index contributed by atoms with van der Waals surface area (Å²) in [5, 5.41) is 0. The van der Waals surface area contributed by atoms with Gasteiger partial charge < -0.3 is 0 Å². The molecule has 100 valence electrons. The molecule has 0 amide bonds. The van der Waals surface area contributed by atoms with E-state index in [0.717, 1.165) is 0 Å². The van der Waals surface area contributed by atoms with Gasteiger partial charge in [0.1, 0.15) is 0 Å². The molecule has 0 atom stereocenters. The van der Waals surface area contributed by atoms with Gasteiger partial charge >= 0.3 is 120 Å². The van der Waals surface area contributed by atoms with Crippen molar-refractivity contribution in [2.24, 2.45) is 0 Å². The number of hydrogen-bond acceptors (Lipinski definition) is 2. The zero-order valence-corrected chi connectivity index (χ0v) is 14.4. The van der Waals surface area contributed by atoms with Gasteiger partial charge in [0.2, 0.25) is 0 Å². The van der Waals surface area contributed by atoms with Gasteiger partial charge in [-0.3, -0.25) is 0 Å². The van der Waals surface area contributed by atoms with Crippen LogP contribution in [0, 0.1) is 0 Å². The average Bonchev–Trinajstić information content (AvgIpc) is 2.49. The van der Waals surface area contributed by atoms with Crippen LogP contribution in [-0.2, 0) is 6.15 Å². The number of hydrogen-bond donors (Lipinski definition) is 0. The molecule has 3 heteroatoms. The molecule has 2 rings (SSSR count). The Kier molecular flexibility index (Phi) is 5.43. The van der Waals surface area contributed by atoms with E-state index >= 15 is 0 Å². The van der Waals surface area contributed by atoms with Crippen LogP contribution in [0.4, 0.5) is 0 Å². The van der Waals surface area contributed by atoms with Crippen molar-refractivity contribution in [3.05, 3.63) is 60.7 Å². The minimum atomic E-state index is -3.44. The molecule has 2 aromatic rings. The SMILES string of the molecule is CC[O][Sn]([O]CC)([c]1ccccc1)[c]1ccccc1. The van der Waals surface area contributed by atoms with Gasteiger partial charge in [-0.1, -0.05) is 0 Å². The van der Waals surface area contributed by atoms with Gasteiger partial charge in [-0.05, 0) is 0 Å². The molecule has 0 heterocycles. The van der Waals surface area contributed by atoms with E-state index in [1.165, 1.54) is 7.16 Å². The molecule has 0 saturated carbocycles. The molecule has 2 nitrogen and oxygen atoms in total. The summed E-state index contributed by atoms with van der Waals surface area (Å²) in [5.41, 5.74) is 0. The third-order valence-electron chi connectivity index (χ3n) is 3.00. The summed E-state index contributed by atoms with van der Waals surface area (Å²) in [6.07, 6.45) is 0. The molecule has 0 aliphatic heterocycles. The maximum absolute atomic E-state index is 6.23. The van der Waals surface area contributed by atoms with E-state index in [1.807, 2.05) is 26.0 Å². The fourth-order valence-corrected chi connectivity index (χ4v) is 11.3. The topological polar surface area (TPSA) is 18.5 Å². The van der Waals surface area contributed by atoms with Crippen molar-refractivity contribution in [3.8, 4) is 0 Å². The van der Waals surface area contributed by atoms with Gasteiger partial charge in [-0.2, -0.15) is 0 Å². The summed E-state index contributed by atoms with van der Waals surface area (Å²) in [5.74, 6) is 0. The second kappa shape index (κ2) is 7.08. The fraction of sp³-hybridized carbons (Fsp3) is 0.250. The van der Waals surface area contributed by atoms with Gasteiger partial charge in [0, 0.05) is 0 Å². The van der Waals surface area contributed by atoms with Gasteiger partial charge in [0.15, 0.2) is 0 Å². The third kappa shape index (κ3) is 3.19. The Labute approximate surface area is 120 Å². The van der Waals surface area contributed by atoms with E-state index < -0.39 is 19.2 Å². The summed E-state index contributed by atoms with van der Waals surface area (Å²) in [7, 11) is 0. The monoisotopic (exact) mass is 364 g/mol. The molecular weight excluding hydrogens is 343 g/mol. The predicted octanol–water partition coefficient (Wildman–Crippen LogP) is 2.32. The molecule has 0 unspecified atom stereocenters. The van der Waals surface area contributed by atoms with E-state index in [0.29, 0.717) is 13.2 Å². The maximum atomic E-state index is 6.23. The van der Waals surface area contributed by atoms with Crippen LogP contribution in [0.1, 0.15) is 13.8 Å². The molecule has 0 spiro atoms. The van der Waals surface area contributed by atoms with Crippen LogP contribution in [-0.4, -0.2) is 32.4 Å². The zero-order valence-electron chi connectivity index (χ0n) is 11.5.